The first-order valence-electron chi connectivity index (χ1n) is 11.0. The number of carbonyl (C=O) groups excluding carboxylic acids is 1. The van der Waals surface area contributed by atoms with Gasteiger partial charge >= 0.3 is 0 Å². The molecule has 0 saturated heterocycles. The van der Waals surface area contributed by atoms with Crippen molar-refractivity contribution in [3.63, 3.8) is 0 Å². The number of carbonyl (C=O) groups is 1. The van der Waals surface area contributed by atoms with E-state index in [4.69, 9.17) is 17.3 Å². The van der Waals surface area contributed by atoms with Gasteiger partial charge in [0.15, 0.2) is 11.5 Å². The lowest BCUT2D eigenvalue weighted by molar-refractivity contribution is 0.0950. The Kier molecular flexibility index (Phi) is 4.93. The van der Waals surface area contributed by atoms with Gasteiger partial charge in [-0.05, 0) is 48.0 Å². The number of hydrogen-bond donors (Lipinski definition) is 3. The molecule has 0 unspecified atom stereocenters. The summed E-state index contributed by atoms with van der Waals surface area (Å²) in [6, 6.07) is 13.5. The molecule has 0 saturated carbocycles. The van der Waals surface area contributed by atoms with Crippen LogP contribution in [0, 0.1) is 0 Å². The summed E-state index contributed by atoms with van der Waals surface area (Å²) in [6.45, 7) is 0.850. The van der Waals surface area contributed by atoms with Crippen molar-refractivity contribution in [1.29, 1.82) is 0 Å². The Morgan fingerprint density at radius 1 is 1.11 bits per heavy atom. The average molecular weight is 485 g/mol. The number of halogens is 1. The maximum absolute atomic E-state index is 12.8. The van der Waals surface area contributed by atoms with Gasteiger partial charge in [0.1, 0.15) is 11.8 Å². The summed E-state index contributed by atoms with van der Waals surface area (Å²) in [5, 5.41) is 5.61. The number of fused-ring (bicyclic) bond motifs is 3. The Labute approximate surface area is 204 Å². The molecule has 174 valence electrons. The molecule has 0 spiro atoms. The van der Waals surface area contributed by atoms with Gasteiger partial charge < -0.3 is 25.2 Å². The predicted octanol–water partition coefficient (Wildman–Crippen LogP) is 4.01. The number of amides is 1. The summed E-state index contributed by atoms with van der Waals surface area (Å²) in [5.41, 5.74) is 11.6. The first-order chi connectivity index (χ1) is 17.0. The zero-order valence-electron chi connectivity index (χ0n) is 18.8. The third-order valence-corrected chi connectivity index (χ3v) is 6.41. The Balaban J connectivity index is 1.26. The molecule has 0 aliphatic heterocycles. The zero-order chi connectivity index (χ0) is 24.1. The number of imidazole rings is 1. The van der Waals surface area contributed by atoms with E-state index < -0.39 is 0 Å². The molecule has 0 fully saturated rings. The van der Waals surface area contributed by atoms with Crippen LogP contribution in [0.15, 0.2) is 61.3 Å². The Morgan fingerprint density at radius 3 is 2.89 bits per heavy atom. The number of nitrogens with one attached hydrogen (secondary N) is 2. The largest absolute Gasteiger partial charge is 0.382 e. The molecule has 0 bridgehead atoms. The number of nitrogens with two attached hydrogens (primary N) is 1. The van der Waals surface area contributed by atoms with Crippen molar-refractivity contribution < 1.29 is 4.79 Å². The molecule has 4 aromatic heterocycles. The minimum Gasteiger partial charge on any atom is -0.382 e. The number of anilines is 1. The van der Waals surface area contributed by atoms with Gasteiger partial charge in [-0.15, -0.1) is 0 Å². The number of nitrogen functional groups attached to an aromatic ring is 1. The van der Waals surface area contributed by atoms with Crippen LogP contribution in [0.2, 0.25) is 5.02 Å². The fourth-order valence-electron chi connectivity index (χ4n) is 4.46. The van der Waals surface area contributed by atoms with Gasteiger partial charge in [0.05, 0.1) is 24.9 Å². The van der Waals surface area contributed by atoms with Gasteiger partial charge in [-0.1, -0.05) is 11.6 Å². The van der Waals surface area contributed by atoms with Crippen molar-refractivity contribution in [2.75, 3.05) is 5.73 Å². The number of H-pyrrole nitrogens is 1. The van der Waals surface area contributed by atoms with Crippen LogP contribution in [0.3, 0.4) is 0 Å². The highest BCUT2D eigenvalue weighted by Crippen LogP contribution is 2.27. The Bertz CT molecular complexity index is 1750. The van der Waals surface area contributed by atoms with E-state index >= 15 is 0 Å². The topological polar surface area (TPSA) is 119 Å². The van der Waals surface area contributed by atoms with Crippen LogP contribution in [0.4, 0.5) is 5.82 Å². The molecule has 0 atom stereocenters. The molecular formula is C25H21ClN8O. The molecule has 1 amide bonds. The summed E-state index contributed by atoms with van der Waals surface area (Å²) in [4.78, 5) is 28.9. The third kappa shape index (κ3) is 3.75. The standard InChI is InChI=1S/C25H21ClN8O/c1-33-5-4-14-6-15(2-3-20(14)33)25(35)28-10-19-9-16-7-18(26)8-17(21(16)32-19)11-34-13-31-22-23(27)29-12-30-24(22)34/h2-9,12-13,32H,10-11H2,1H3,(H,28,35)(H2,27,29,30). The van der Waals surface area contributed by atoms with Crippen molar-refractivity contribution in [2.24, 2.45) is 7.05 Å². The normalized spacial score (nSPS) is 11.6. The lowest BCUT2D eigenvalue weighted by Gasteiger charge is -2.07. The first-order valence-corrected chi connectivity index (χ1v) is 11.4. The summed E-state index contributed by atoms with van der Waals surface area (Å²) >= 11 is 6.42. The summed E-state index contributed by atoms with van der Waals surface area (Å²) < 4.78 is 3.93. The van der Waals surface area contributed by atoms with E-state index in [9.17, 15) is 4.79 Å². The average Bonchev–Trinajstić information content (AvgIpc) is 3.55. The summed E-state index contributed by atoms with van der Waals surface area (Å²) in [5.74, 6) is 0.212. The molecule has 35 heavy (non-hydrogen) atoms. The minimum atomic E-state index is -0.130. The number of aromatic nitrogens is 6. The fraction of sp³-hybridized carbons (Fsp3) is 0.120. The number of nitrogens with zero attached hydrogens (tertiary/aromatic N) is 5. The summed E-state index contributed by atoms with van der Waals surface area (Å²) in [7, 11) is 1.98. The van der Waals surface area contributed by atoms with E-state index in [2.05, 4.69) is 25.3 Å². The lowest BCUT2D eigenvalue weighted by Crippen LogP contribution is -2.22. The quantitative estimate of drug-likeness (QED) is 0.341. The molecular weight excluding hydrogens is 464 g/mol. The van der Waals surface area contributed by atoms with Crippen molar-refractivity contribution in [3.05, 3.63) is 83.2 Å². The van der Waals surface area contributed by atoms with Gasteiger partial charge in [0, 0.05) is 45.8 Å². The molecule has 9 nitrogen and oxygen atoms in total. The second-order valence-corrected chi connectivity index (χ2v) is 8.95. The highest BCUT2D eigenvalue weighted by Gasteiger charge is 2.13. The lowest BCUT2D eigenvalue weighted by atomic mass is 10.1. The molecule has 6 rings (SSSR count). The zero-order valence-corrected chi connectivity index (χ0v) is 19.5. The van der Waals surface area contributed by atoms with E-state index in [0.717, 1.165) is 33.1 Å². The van der Waals surface area contributed by atoms with E-state index in [1.54, 1.807) is 6.33 Å². The van der Waals surface area contributed by atoms with Crippen LogP contribution in [0.25, 0.3) is 33.0 Å². The first kappa shape index (κ1) is 21.2. The number of hydrogen-bond acceptors (Lipinski definition) is 5. The van der Waals surface area contributed by atoms with Gasteiger partial charge in [-0.25, -0.2) is 15.0 Å². The van der Waals surface area contributed by atoms with E-state index in [-0.39, 0.29) is 5.91 Å². The number of rotatable bonds is 5. The van der Waals surface area contributed by atoms with Crippen LogP contribution in [-0.4, -0.2) is 35.0 Å². The Morgan fingerprint density at radius 2 is 2.00 bits per heavy atom. The highest BCUT2D eigenvalue weighted by atomic mass is 35.5. The van der Waals surface area contributed by atoms with Gasteiger partial charge in [0.25, 0.3) is 5.91 Å². The van der Waals surface area contributed by atoms with Crippen molar-refractivity contribution in [1.82, 2.24) is 34.4 Å². The molecule has 0 aliphatic carbocycles. The maximum atomic E-state index is 12.8. The second-order valence-electron chi connectivity index (χ2n) is 8.51. The van der Waals surface area contributed by atoms with Gasteiger partial charge in [-0.2, -0.15) is 0 Å². The maximum Gasteiger partial charge on any atom is 0.251 e. The second kappa shape index (κ2) is 8.14. The monoisotopic (exact) mass is 484 g/mol. The number of benzene rings is 2. The molecule has 2 aromatic carbocycles. The molecule has 0 radical (unpaired) electrons. The molecule has 0 aliphatic rings. The fourth-order valence-corrected chi connectivity index (χ4v) is 4.70. The van der Waals surface area contributed by atoms with Crippen molar-refractivity contribution >= 4 is 56.3 Å². The van der Waals surface area contributed by atoms with Crippen LogP contribution in [-0.2, 0) is 20.1 Å². The van der Waals surface area contributed by atoms with E-state index in [0.29, 0.717) is 40.7 Å². The van der Waals surface area contributed by atoms with Gasteiger partial charge in [0.2, 0.25) is 0 Å². The van der Waals surface area contributed by atoms with Crippen LogP contribution < -0.4 is 11.1 Å². The molecule has 4 N–H and O–H groups in total. The van der Waals surface area contributed by atoms with Crippen LogP contribution in [0.1, 0.15) is 21.6 Å². The molecule has 6 aromatic rings. The molecule has 4 heterocycles. The Hall–Kier alpha value is -4.37. The highest BCUT2D eigenvalue weighted by molar-refractivity contribution is 6.31. The SMILES string of the molecule is Cn1ccc2cc(C(=O)NCc3cc4cc(Cl)cc(Cn5cnc6c(N)ncnc65)c4[nH]3)ccc21. The summed E-state index contributed by atoms with van der Waals surface area (Å²) in [6.07, 6.45) is 5.10. The van der Waals surface area contributed by atoms with Crippen molar-refractivity contribution in [3.8, 4) is 0 Å². The van der Waals surface area contributed by atoms with Gasteiger partial charge in [-0.3, -0.25) is 4.79 Å². The third-order valence-electron chi connectivity index (χ3n) is 6.19. The van der Waals surface area contributed by atoms with Crippen molar-refractivity contribution in [2.45, 2.75) is 13.1 Å². The number of aryl methyl sites for hydroxylation is 1. The minimum absolute atomic E-state index is 0.130. The van der Waals surface area contributed by atoms with Crippen LogP contribution in [0.5, 0.6) is 0 Å². The van der Waals surface area contributed by atoms with E-state index in [1.807, 2.05) is 64.8 Å². The smallest absolute Gasteiger partial charge is 0.251 e. The predicted molar refractivity (Wildman–Crippen MR) is 136 cm³/mol. The van der Waals surface area contributed by atoms with E-state index in [1.165, 1.54) is 6.33 Å². The van der Waals surface area contributed by atoms with Crippen LogP contribution >= 0.6 is 11.6 Å². The number of aromatic amines is 1. The molecule has 10 heteroatoms.